The van der Waals surface area contributed by atoms with Crippen LogP contribution in [0.15, 0.2) is 47.1 Å². The smallest absolute Gasteiger partial charge is 0.179 e. The molecular weight excluding hydrogens is 356 g/mol. The molecule has 0 aromatic carbocycles. The Balaban J connectivity index is 4.27. The van der Waals surface area contributed by atoms with Crippen molar-refractivity contribution in [3.8, 4) is 0 Å². The Bertz CT molecular complexity index is 497. The van der Waals surface area contributed by atoms with Gasteiger partial charge in [-0.05, 0) is 84.6 Å². The molecule has 168 valence electrons. The van der Waals surface area contributed by atoms with E-state index in [9.17, 15) is 0 Å². The van der Waals surface area contributed by atoms with Crippen molar-refractivity contribution in [3.05, 3.63) is 47.1 Å². The summed E-state index contributed by atoms with van der Waals surface area (Å²) in [5.41, 5.74) is 5.43. The highest BCUT2D eigenvalue weighted by molar-refractivity contribution is 5.07. The predicted octanol–water partition coefficient (Wildman–Crippen LogP) is 8.70. The van der Waals surface area contributed by atoms with Gasteiger partial charge in [-0.1, -0.05) is 68.2 Å². The number of ether oxygens (including phenoxy) is 2. The van der Waals surface area contributed by atoms with Gasteiger partial charge in [0.15, 0.2) is 6.29 Å². The van der Waals surface area contributed by atoms with E-state index in [0.717, 1.165) is 76.6 Å². The van der Waals surface area contributed by atoms with Gasteiger partial charge < -0.3 is 9.47 Å². The van der Waals surface area contributed by atoms with Gasteiger partial charge in [-0.3, -0.25) is 0 Å². The molecule has 0 rings (SSSR count). The molecule has 0 saturated carbocycles. The Morgan fingerprint density at radius 3 is 1.62 bits per heavy atom. The fraction of sp³-hybridized carbons (Fsp3) is 0.704. The van der Waals surface area contributed by atoms with E-state index in [2.05, 4.69) is 66.3 Å². The average molecular weight is 405 g/mol. The fourth-order valence-corrected chi connectivity index (χ4v) is 2.91. The summed E-state index contributed by atoms with van der Waals surface area (Å²) >= 11 is 0. The van der Waals surface area contributed by atoms with Crippen LogP contribution in [0.1, 0.15) is 106 Å². The molecule has 0 fully saturated rings. The second kappa shape index (κ2) is 18.9. The maximum atomic E-state index is 5.93. The first kappa shape index (κ1) is 27.9. The molecule has 0 aliphatic rings. The minimum Gasteiger partial charge on any atom is -0.349 e. The zero-order chi connectivity index (χ0) is 21.9. The summed E-state index contributed by atoms with van der Waals surface area (Å²) in [4.78, 5) is 0. The van der Waals surface area contributed by atoms with Crippen molar-refractivity contribution >= 4 is 0 Å². The molecule has 0 aliphatic heterocycles. The lowest BCUT2D eigenvalue weighted by molar-refractivity contribution is -0.120. The Morgan fingerprint density at radius 2 is 1.17 bits per heavy atom. The molecule has 0 amide bonds. The topological polar surface area (TPSA) is 18.5 Å². The molecule has 0 aromatic rings. The molecule has 0 saturated heterocycles. The number of allylic oxidation sites excluding steroid dienone is 6. The minimum absolute atomic E-state index is 0.242. The molecule has 0 spiro atoms. The Hall–Kier alpha value is -1.12. The first-order chi connectivity index (χ1) is 13.9. The number of rotatable bonds is 18. The van der Waals surface area contributed by atoms with Crippen molar-refractivity contribution in [1.29, 1.82) is 0 Å². The van der Waals surface area contributed by atoms with Crippen LogP contribution >= 0.6 is 0 Å². The highest BCUT2D eigenvalue weighted by atomic mass is 16.7. The van der Waals surface area contributed by atoms with Gasteiger partial charge in [0, 0.05) is 0 Å². The second-order valence-corrected chi connectivity index (χ2v) is 8.44. The molecule has 0 aromatic heterocycles. The van der Waals surface area contributed by atoms with Crippen molar-refractivity contribution in [2.75, 3.05) is 13.2 Å². The third-order valence-electron chi connectivity index (χ3n) is 4.95. The highest BCUT2D eigenvalue weighted by Crippen LogP contribution is 2.17. The van der Waals surface area contributed by atoms with Crippen LogP contribution in [0.25, 0.3) is 0 Å². The van der Waals surface area contributed by atoms with E-state index in [-0.39, 0.29) is 6.29 Å². The molecule has 0 N–H and O–H groups in total. The fourth-order valence-electron chi connectivity index (χ4n) is 2.91. The van der Waals surface area contributed by atoms with Crippen molar-refractivity contribution in [2.24, 2.45) is 0 Å². The summed E-state index contributed by atoms with van der Waals surface area (Å²) < 4.78 is 11.9. The van der Waals surface area contributed by atoms with E-state index in [1.807, 2.05) is 0 Å². The van der Waals surface area contributed by atoms with Crippen LogP contribution in [0.3, 0.4) is 0 Å². The van der Waals surface area contributed by atoms with Crippen molar-refractivity contribution in [2.45, 2.75) is 112 Å². The summed E-state index contributed by atoms with van der Waals surface area (Å²) in [5.74, 6) is 0. The van der Waals surface area contributed by atoms with E-state index in [4.69, 9.17) is 9.47 Å². The number of hydrogen-bond donors (Lipinski definition) is 0. The molecular formula is C27H48O2. The molecule has 0 unspecified atom stereocenters. The Kier molecular flexibility index (Phi) is 18.2. The van der Waals surface area contributed by atoms with Crippen LogP contribution in [0.2, 0.25) is 0 Å². The van der Waals surface area contributed by atoms with Gasteiger partial charge in [0.1, 0.15) is 0 Å². The molecule has 0 bridgehead atoms. The first-order valence-electron chi connectivity index (χ1n) is 11.8. The van der Waals surface area contributed by atoms with E-state index >= 15 is 0 Å². The van der Waals surface area contributed by atoms with Crippen molar-refractivity contribution < 1.29 is 9.47 Å². The highest BCUT2D eigenvalue weighted by Gasteiger charge is 2.13. The third kappa shape index (κ3) is 17.4. The zero-order valence-electron chi connectivity index (χ0n) is 20.3. The molecule has 0 radical (unpaired) electrons. The van der Waals surface area contributed by atoms with E-state index in [1.54, 1.807) is 0 Å². The van der Waals surface area contributed by atoms with Crippen LogP contribution in [-0.2, 0) is 9.47 Å². The van der Waals surface area contributed by atoms with Gasteiger partial charge in [0.05, 0.1) is 13.2 Å². The first-order valence-corrected chi connectivity index (χ1v) is 11.8. The zero-order valence-corrected chi connectivity index (χ0v) is 20.3. The molecule has 0 atom stereocenters. The van der Waals surface area contributed by atoms with E-state index in [0.29, 0.717) is 0 Å². The minimum atomic E-state index is -0.242. The Morgan fingerprint density at radius 1 is 0.724 bits per heavy atom. The largest absolute Gasteiger partial charge is 0.349 e. The van der Waals surface area contributed by atoms with E-state index < -0.39 is 0 Å². The van der Waals surface area contributed by atoms with Gasteiger partial charge >= 0.3 is 0 Å². The van der Waals surface area contributed by atoms with Crippen LogP contribution < -0.4 is 0 Å². The molecule has 2 heteroatoms. The van der Waals surface area contributed by atoms with Gasteiger partial charge in [-0.15, -0.1) is 0 Å². The van der Waals surface area contributed by atoms with Gasteiger partial charge in [0.2, 0.25) is 0 Å². The van der Waals surface area contributed by atoms with Gasteiger partial charge in [-0.25, -0.2) is 0 Å². The van der Waals surface area contributed by atoms with Gasteiger partial charge in [0.25, 0.3) is 0 Å². The lowest BCUT2D eigenvalue weighted by Crippen LogP contribution is -2.21. The third-order valence-corrected chi connectivity index (χ3v) is 4.95. The molecule has 29 heavy (non-hydrogen) atoms. The van der Waals surface area contributed by atoms with Crippen molar-refractivity contribution in [3.63, 3.8) is 0 Å². The maximum Gasteiger partial charge on any atom is 0.179 e. The second-order valence-electron chi connectivity index (χ2n) is 8.44. The SMILES string of the molecule is C=C(CCC=C(C)CCC=C(C)CCC=C(C)C)C(OCCCC)OCCCC. The van der Waals surface area contributed by atoms with Crippen LogP contribution in [0.4, 0.5) is 0 Å². The Labute approximate surface area is 182 Å². The van der Waals surface area contributed by atoms with Crippen molar-refractivity contribution in [1.82, 2.24) is 0 Å². The molecule has 0 aliphatic carbocycles. The van der Waals surface area contributed by atoms with E-state index in [1.165, 1.54) is 23.1 Å². The van der Waals surface area contributed by atoms with Crippen LogP contribution in [0, 0.1) is 0 Å². The monoisotopic (exact) mass is 404 g/mol. The van der Waals surface area contributed by atoms with Gasteiger partial charge in [-0.2, -0.15) is 0 Å². The molecule has 2 nitrogen and oxygen atoms in total. The summed E-state index contributed by atoms with van der Waals surface area (Å²) in [6.07, 6.45) is 17.8. The quantitative estimate of drug-likeness (QED) is 0.129. The number of hydrogen-bond acceptors (Lipinski definition) is 2. The molecule has 0 heterocycles. The summed E-state index contributed by atoms with van der Waals surface area (Å²) in [5, 5.41) is 0. The summed E-state index contributed by atoms with van der Waals surface area (Å²) in [6.45, 7) is 18.9. The standard InChI is InChI=1S/C27H48O2/c1-8-10-21-28-27(29-22-11-9-2)26(7)20-14-19-25(6)18-13-17-24(5)16-12-15-23(3)4/h15,17,19,27H,7-14,16,18,20-22H2,1-6H3. The van der Waals surface area contributed by atoms with Crippen LogP contribution in [-0.4, -0.2) is 19.5 Å². The predicted molar refractivity (Wildman–Crippen MR) is 129 cm³/mol. The lowest BCUT2D eigenvalue weighted by atomic mass is 10.0. The average Bonchev–Trinajstić information content (AvgIpc) is 2.66. The summed E-state index contributed by atoms with van der Waals surface area (Å²) in [6, 6.07) is 0. The maximum absolute atomic E-state index is 5.93. The lowest BCUT2D eigenvalue weighted by Gasteiger charge is -2.20. The summed E-state index contributed by atoms with van der Waals surface area (Å²) in [7, 11) is 0. The van der Waals surface area contributed by atoms with Crippen LogP contribution in [0.5, 0.6) is 0 Å². The number of unbranched alkanes of at least 4 members (excludes halogenated alkanes) is 2. The normalized spacial score (nSPS) is 12.5.